The molecule has 1 fully saturated rings. The average molecular weight is 520 g/mol. The van der Waals surface area contributed by atoms with Gasteiger partial charge >= 0.3 is 0 Å². The van der Waals surface area contributed by atoms with E-state index in [-0.39, 0.29) is 16.7 Å². The zero-order chi connectivity index (χ0) is 26.9. The molecule has 192 valence electrons. The number of carbonyl (C=O) groups excluding carboxylic acids is 2. The van der Waals surface area contributed by atoms with Crippen LogP contribution in [0, 0.1) is 0 Å². The number of hydrogen-bond donors (Lipinski definition) is 1. The van der Waals surface area contributed by atoms with Gasteiger partial charge in [-0.15, -0.1) is 0 Å². The normalized spacial score (nSPS) is 17.2. The van der Waals surface area contributed by atoms with Crippen LogP contribution in [0.2, 0.25) is 5.02 Å². The number of aliphatic hydroxyl groups excluding tert-OH is 1. The summed E-state index contributed by atoms with van der Waals surface area (Å²) in [6.07, 6.45) is 0. The zero-order valence-electron chi connectivity index (χ0n) is 21.5. The second-order valence-corrected chi connectivity index (χ2v) is 10.3. The first-order valence-corrected chi connectivity index (χ1v) is 12.4. The lowest BCUT2D eigenvalue weighted by atomic mass is 9.85. The number of rotatable bonds is 6. The number of benzene rings is 3. The number of Topliss-reactive ketones (excluding diaryl/α,β-unsaturated/α-hetero) is 1. The molecule has 1 heterocycles. The minimum absolute atomic E-state index is 0.0292. The topological polar surface area (TPSA) is 76.1 Å². The summed E-state index contributed by atoms with van der Waals surface area (Å²) in [4.78, 5) is 28.4. The molecule has 0 aliphatic carbocycles. The summed E-state index contributed by atoms with van der Waals surface area (Å²) in [6, 6.07) is 18.4. The van der Waals surface area contributed by atoms with E-state index >= 15 is 0 Å². The van der Waals surface area contributed by atoms with Crippen LogP contribution in [-0.4, -0.2) is 30.5 Å². The van der Waals surface area contributed by atoms with E-state index < -0.39 is 17.7 Å². The number of ketones is 1. The SMILES string of the molecule is CCOc1cccc(N2C(=O)C(=O)/C(=C(/O)c3cc(C(C)(C)C)ccc3OC)C2c2ccc(Cl)cc2)c1. The van der Waals surface area contributed by atoms with Crippen molar-refractivity contribution in [2.24, 2.45) is 0 Å². The number of halogens is 1. The molecule has 0 spiro atoms. The number of anilines is 1. The molecule has 37 heavy (non-hydrogen) atoms. The Balaban J connectivity index is 1.98. The van der Waals surface area contributed by atoms with Gasteiger partial charge in [0.15, 0.2) is 0 Å². The van der Waals surface area contributed by atoms with Crippen molar-refractivity contribution in [2.45, 2.75) is 39.2 Å². The molecule has 1 unspecified atom stereocenters. The van der Waals surface area contributed by atoms with Crippen molar-refractivity contribution < 1.29 is 24.2 Å². The quantitative estimate of drug-likeness (QED) is 0.223. The second kappa shape index (κ2) is 10.3. The van der Waals surface area contributed by atoms with Crippen LogP contribution in [0.4, 0.5) is 5.69 Å². The largest absolute Gasteiger partial charge is 0.507 e. The highest BCUT2D eigenvalue weighted by atomic mass is 35.5. The van der Waals surface area contributed by atoms with Crippen LogP contribution in [0.15, 0.2) is 72.3 Å². The predicted molar refractivity (Wildman–Crippen MR) is 146 cm³/mol. The molecular formula is C30H30ClNO5. The lowest BCUT2D eigenvalue weighted by Crippen LogP contribution is -2.29. The molecule has 3 aromatic rings. The number of aliphatic hydroxyl groups is 1. The fourth-order valence-electron chi connectivity index (χ4n) is 4.45. The predicted octanol–water partition coefficient (Wildman–Crippen LogP) is 6.67. The van der Waals surface area contributed by atoms with Crippen LogP contribution in [0.3, 0.4) is 0 Å². The Morgan fingerprint density at radius 1 is 1.03 bits per heavy atom. The van der Waals surface area contributed by atoms with Crippen molar-refractivity contribution in [3.05, 3.63) is 94.0 Å². The van der Waals surface area contributed by atoms with E-state index in [1.54, 1.807) is 60.7 Å². The zero-order valence-corrected chi connectivity index (χ0v) is 22.3. The smallest absolute Gasteiger partial charge is 0.300 e. The molecule has 6 nitrogen and oxygen atoms in total. The van der Waals surface area contributed by atoms with Crippen molar-refractivity contribution >= 4 is 34.7 Å². The first-order chi connectivity index (χ1) is 17.6. The summed E-state index contributed by atoms with van der Waals surface area (Å²) in [5.41, 5.74) is 2.13. The van der Waals surface area contributed by atoms with Crippen LogP contribution < -0.4 is 14.4 Å². The Morgan fingerprint density at radius 2 is 1.73 bits per heavy atom. The Kier molecular flexibility index (Phi) is 7.32. The third-order valence-electron chi connectivity index (χ3n) is 6.36. The van der Waals surface area contributed by atoms with Gasteiger partial charge < -0.3 is 14.6 Å². The van der Waals surface area contributed by atoms with Gasteiger partial charge in [-0.1, -0.05) is 56.6 Å². The van der Waals surface area contributed by atoms with E-state index in [0.717, 1.165) is 5.56 Å². The molecule has 1 saturated heterocycles. The van der Waals surface area contributed by atoms with Gasteiger partial charge in [-0.05, 0) is 59.9 Å². The highest BCUT2D eigenvalue weighted by molar-refractivity contribution is 6.51. The monoisotopic (exact) mass is 519 g/mol. The number of ether oxygens (including phenoxy) is 2. The maximum atomic E-state index is 13.5. The summed E-state index contributed by atoms with van der Waals surface area (Å²) < 4.78 is 11.2. The molecule has 0 bridgehead atoms. The summed E-state index contributed by atoms with van der Waals surface area (Å²) >= 11 is 6.14. The molecule has 1 N–H and O–H groups in total. The van der Waals surface area contributed by atoms with Gasteiger partial charge in [0, 0.05) is 16.8 Å². The minimum atomic E-state index is -0.892. The highest BCUT2D eigenvalue weighted by Crippen LogP contribution is 2.44. The Labute approximate surface area is 222 Å². The number of nitrogens with zero attached hydrogens (tertiary/aromatic N) is 1. The minimum Gasteiger partial charge on any atom is -0.507 e. The molecule has 1 aliphatic rings. The van der Waals surface area contributed by atoms with Gasteiger partial charge in [0.1, 0.15) is 17.3 Å². The fourth-order valence-corrected chi connectivity index (χ4v) is 4.58. The van der Waals surface area contributed by atoms with Crippen molar-refractivity contribution in [2.75, 3.05) is 18.6 Å². The summed E-state index contributed by atoms with van der Waals surface area (Å²) in [5.74, 6) is -0.880. The molecule has 0 saturated carbocycles. The molecule has 7 heteroatoms. The molecule has 0 radical (unpaired) electrons. The third kappa shape index (κ3) is 5.07. The Bertz CT molecular complexity index is 1370. The van der Waals surface area contributed by atoms with Gasteiger partial charge in [-0.2, -0.15) is 0 Å². The molecule has 1 atom stereocenters. The lowest BCUT2D eigenvalue weighted by Gasteiger charge is -2.26. The molecular weight excluding hydrogens is 490 g/mol. The van der Waals surface area contributed by atoms with Gasteiger partial charge in [-0.3, -0.25) is 14.5 Å². The van der Waals surface area contributed by atoms with E-state index in [4.69, 9.17) is 21.1 Å². The van der Waals surface area contributed by atoms with E-state index in [0.29, 0.717) is 39.9 Å². The summed E-state index contributed by atoms with van der Waals surface area (Å²) in [6.45, 7) is 8.47. The van der Waals surface area contributed by atoms with Crippen molar-refractivity contribution in [3.8, 4) is 11.5 Å². The van der Waals surface area contributed by atoms with E-state index in [9.17, 15) is 14.7 Å². The number of amides is 1. The van der Waals surface area contributed by atoms with Gasteiger partial charge in [0.25, 0.3) is 11.7 Å². The van der Waals surface area contributed by atoms with Crippen LogP contribution in [0.1, 0.15) is 50.4 Å². The van der Waals surface area contributed by atoms with E-state index in [1.807, 2.05) is 13.0 Å². The number of methoxy groups -OCH3 is 1. The van der Waals surface area contributed by atoms with Crippen LogP contribution >= 0.6 is 11.6 Å². The molecule has 1 amide bonds. The Hall–Kier alpha value is -3.77. The fraction of sp³-hybridized carbons (Fsp3) is 0.267. The van der Waals surface area contributed by atoms with Crippen molar-refractivity contribution in [1.29, 1.82) is 0 Å². The lowest BCUT2D eigenvalue weighted by molar-refractivity contribution is -0.132. The second-order valence-electron chi connectivity index (χ2n) is 9.82. The number of carbonyl (C=O) groups is 2. The van der Waals surface area contributed by atoms with Crippen LogP contribution in [-0.2, 0) is 15.0 Å². The van der Waals surface area contributed by atoms with E-state index in [1.165, 1.54) is 12.0 Å². The highest BCUT2D eigenvalue weighted by Gasteiger charge is 2.47. The molecule has 1 aliphatic heterocycles. The van der Waals surface area contributed by atoms with E-state index in [2.05, 4.69) is 20.8 Å². The van der Waals surface area contributed by atoms with Crippen molar-refractivity contribution in [3.63, 3.8) is 0 Å². The maximum absolute atomic E-state index is 13.5. The van der Waals surface area contributed by atoms with Crippen LogP contribution in [0.5, 0.6) is 11.5 Å². The maximum Gasteiger partial charge on any atom is 0.300 e. The average Bonchev–Trinajstić information content (AvgIpc) is 3.13. The third-order valence-corrected chi connectivity index (χ3v) is 6.61. The molecule has 4 rings (SSSR count). The van der Waals surface area contributed by atoms with Gasteiger partial charge in [0.2, 0.25) is 0 Å². The first-order valence-electron chi connectivity index (χ1n) is 12.0. The van der Waals surface area contributed by atoms with Crippen molar-refractivity contribution in [1.82, 2.24) is 0 Å². The number of hydrogen-bond acceptors (Lipinski definition) is 5. The van der Waals surface area contributed by atoms with Crippen LogP contribution in [0.25, 0.3) is 5.76 Å². The summed E-state index contributed by atoms with van der Waals surface area (Å²) in [7, 11) is 1.50. The molecule has 0 aromatic heterocycles. The molecule has 3 aromatic carbocycles. The van der Waals surface area contributed by atoms with Gasteiger partial charge in [0.05, 0.1) is 30.9 Å². The Morgan fingerprint density at radius 3 is 2.35 bits per heavy atom. The first kappa shape index (κ1) is 26.3. The standard InChI is InChI=1S/C30H30ClNO5/c1-6-37-22-9-7-8-21(17-22)32-26(18-10-13-20(31)14-11-18)25(28(34)29(32)35)27(33)23-16-19(30(2,3)4)12-15-24(23)36-5/h7-17,26,33H,6H2,1-5H3/b27-25+. The van der Waals surface area contributed by atoms with Gasteiger partial charge in [-0.25, -0.2) is 0 Å². The summed E-state index contributed by atoms with van der Waals surface area (Å²) in [5, 5.41) is 12.2.